The molecule has 5 atom stereocenters. The van der Waals surface area contributed by atoms with E-state index in [1.54, 1.807) is 23.1 Å². The summed E-state index contributed by atoms with van der Waals surface area (Å²) in [7, 11) is 0. The molecule has 1 spiro atoms. The topological polar surface area (TPSA) is 75.0 Å². The van der Waals surface area contributed by atoms with Crippen LogP contribution in [0.4, 0.5) is 8.78 Å². The lowest BCUT2D eigenvalue weighted by Gasteiger charge is -2.57. The highest BCUT2D eigenvalue weighted by Crippen LogP contribution is 2.57. The maximum Gasteiger partial charge on any atom is 0.278 e. The molecule has 2 aromatic carbocycles. The van der Waals surface area contributed by atoms with E-state index >= 15 is 8.78 Å². The van der Waals surface area contributed by atoms with Crippen molar-refractivity contribution in [2.75, 3.05) is 11.6 Å². The van der Waals surface area contributed by atoms with Gasteiger partial charge in [-0.3, -0.25) is 19.3 Å². The van der Waals surface area contributed by atoms with E-state index in [1.165, 1.54) is 40.8 Å². The molecule has 1 unspecified atom stereocenters. The van der Waals surface area contributed by atoms with Crippen molar-refractivity contribution in [1.29, 1.82) is 0 Å². The minimum atomic E-state index is -0.836. The molecule has 200 valence electrons. The first-order valence-electron chi connectivity index (χ1n) is 13.3. The van der Waals surface area contributed by atoms with E-state index in [0.29, 0.717) is 34.7 Å². The summed E-state index contributed by atoms with van der Waals surface area (Å²) in [5.74, 6) is -1.62. The van der Waals surface area contributed by atoms with Gasteiger partial charge in [0, 0.05) is 40.9 Å². The van der Waals surface area contributed by atoms with Gasteiger partial charge in [-0.15, -0.1) is 11.8 Å². The van der Waals surface area contributed by atoms with Crippen LogP contribution < -0.4 is 10.4 Å². The Morgan fingerprint density at radius 3 is 2.72 bits per heavy atom. The Bertz CT molecular complexity index is 1630. The van der Waals surface area contributed by atoms with Crippen molar-refractivity contribution >= 4 is 17.7 Å². The van der Waals surface area contributed by atoms with Crippen molar-refractivity contribution in [3.05, 3.63) is 92.9 Å². The number of benzene rings is 2. The van der Waals surface area contributed by atoms with Crippen molar-refractivity contribution in [2.45, 2.75) is 60.2 Å². The number of amides is 1. The van der Waals surface area contributed by atoms with Gasteiger partial charge in [0.25, 0.3) is 5.91 Å². The summed E-state index contributed by atoms with van der Waals surface area (Å²) in [6.07, 6.45) is 4.25. The molecular weight excluding hydrogens is 524 g/mol. The lowest BCUT2D eigenvalue weighted by Crippen LogP contribution is -2.70. The van der Waals surface area contributed by atoms with Crippen LogP contribution in [0.15, 0.2) is 58.4 Å². The third-order valence-electron chi connectivity index (χ3n) is 9.32. The third-order valence-corrected chi connectivity index (χ3v) is 10.5. The van der Waals surface area contributed by atoms with Crippen molar-refractivity contribution in [2.24, 2.45) is 5.92 Å². The molecule has 8 rings (SSSR count). The fourth-order valence-corrected chi connectivity index (χ4v) is 8.80. The molecule has 1 amide bonds. The molecule has 3 fully saturated rings. The maximum absolute atomic E-state index is 15.9. The Hall–Kier alpha value is -3.37. The molecule has 0 radical (unpaired) electrons. The number of rotatable bonds is 1. The summed E-state index contributed by atoms with van der Waals surface area (Å²) < 4.78 is 39.3. The zero-order chi connectivity index (χ0) is 26.6. The number of piperidine rings is 1. The van der Waals surface area contributed by atoms with Crippen molar-refractivity contribution in [3.8, 4) is 5.75 Å². The lowest BCUT2D eigenvalue weighted by molar-refractivity contribution is -0.0757. The molecule has 39 heavy (non-hydrogen) atoms. The van der Waals surface area contributed by atoms with Crippen LogP contribution in [-0.4, -0.2) is 45.0 Å². The number of aromatic hydroxyl groups is 1. The van der Waals surface area contributed by atoms with E-state index in [0.717, 1.165) is 24.8 Å². The number of fused-ring (bicyclic) bond motifs is 6. The summed E-state index contributed by atoms with van der Waals surface area (Å²) in [6.45, 7) is 0.368. The Kier molecular flexibility index (Phi) is 4.87. The molecule has 1 aromatic heterocycles. The van der Waals surface area contributed by atoms with Gasteiger partial charge in [-0.25, -0.2) is 8.78 Å². The highest BCUT2D eigenvalue weighted by molar-refractivity contribution is 7.98. The molecule has 6 heterocycles. The van der Waals surface area contributed by atoms with E-state index in [1.807, 2.05) is 11.1 Å². The van der Waals surface area contributed by atoms with Gasteiger partial charge in [-0.1, -0.05) is 24.3 Å². The predicted molar refractivity (Wildman–Crippen MR) is 139 cm³/mol. The van der Waals surface area contributed by atoms with Gasteiger partial charge in [0.15, 0.2) is 11.4 Å². The molecule has 0 saturated carbocycles. The highest BCUT2D eigenvalue weighted by atomic mass is 32.2. The number of carbonyl (C=O) groups excluding carboxylic acids is 1. The van der Waals surface area contributed by atoms with Crippen LogP contribution in [0.3, 0.4) is 0 Å². The maximum atomic E-state index is 15.9. The summed E-state index contributed by atoms with van der Waals surface area (Å²) in [5.41, 5.74) is 0.476. The van der Waals surface area contributed by atoms with Gasteiger partial charge in [0.2, 0.25) is 5.43 Å². The monoisotopic (exact) mass is 549 g/mol. The van der Waals surface area contributed by atoms with Crippen LogP contribution in [0, 0.1) is 17.6 Å². The average Bonchev–Trinajstić information content (AvgIpc) is 3.45. The number of hydrogen-bond donors (Lipinski definition) is 1. The molecule has 2 bridgehead atoms. The number of carbonyl (C=O) groups is 1. The SMILES string of the molecule is O=C1c2c(O)c(=O)ccn2N(C2c3cccc(F)c3SCc3cccc(F)c32)[C@@H]2[C@H]3C[C@@H]4CC[C@@]3(CCN12)O4. The van der Waals surface area contributed by atoms with E-state index in [2.05, 4.69) is 0 Å². The summed E-state index contributed by atoms with van der Waals surface area (Å²) in [4.78, 5) is 28.6. The first-order valence-corrected chi connectivity index (χ1v) is 14.3. The van der Waals surface area contributed by atoms with Crippen LogP contribution in [0.1, 0.15) is 58.9 Å². The van der Waals surface area contributed by atoms with E-state index in [-0.39, 0.29) is 17.7 Å². The summed E-state index contributed by atoms with van der Waals surface area (Å²) in [6, 6.07) is 10.1. The van der Waals surface area contributed by atoms with Gasteiger partial charge in [0.1, 0.15) is 23.8 Å². The summed E-state index contributed by atoms with van der Waals surface area (Å²) in [5, 5.41) is 12.8. The molecular formula is C29H25F2N3O4S. The second-order valence-corrected chi connectivity index (χ2v) is 12.1. The predicted octanol–water partition coefficient (Wildman–Crippen LogP) is 4.29. The van der Waals surface area contributed by atoms with Crippen molar-refractivity contribution in [1.82, 2.24) is 9.58 Å². The minimum absolute atomic E-state index is 0.0770. The van der Waals surface area contributed by atoms with E-state index in [9.17, 15) is 14.7 Å². The van der Waals surface area contributed by atoms with Crippen LogP contribution in [0.5, 0.6) is 5.75 Å². The molecule has 7 nitrogen and oxygen atoms in total. The molecule has 5 aliphatic rings. The molecule has 0 aliphatic carbocycles. The third kappa shape index (κ3) is 3.07. The molecule has 5 aliphatic heterocycles. The zero-order valence-corrected chi connectivity index (χ0v) is 21.7. The number of nitrogens with zero attached hydrogens (tertiary/aromatic N) is 3. The average molecular weight is 550 g/mol. The highest BCUT2D eigenvalue weighted by Gasteiger charge is 2.63. The molecule has 1 N–H and O–H groups in total. The Morgan fingerprint density at radius 2 is 1.87 bits per heavy atom. The lowest BCUT2D eigenvalue weighted by atomic mass is 9.71. The molecule has 3 saturated heterocycles. The largest absolute Gasteiger partial charge is 0.502 e. The number of halogens is 2. The van der Waals surface area contributed by atoms with Crippen LogP contribution in [0.2, 0.25) is 0 Å². The number of aromatic nitrogens is 1. The Labute approximate surface area is 227 Å². The van der Waals surface area contributed by atoms with Crippen LogP contribution in [-0.2, 0) is 10.5 Å². The number of thioether (sulfide) groups is 1. The van der Waals surface area contributed by atoms with Gasteiger partial charge in [-0.2, -0.15) is 0 Å². The van der Waals surface area contributed by atoms with Crippen LogP contribution in [0.25, 0.3) is 0 Å². The van der Waals surface area contributed by atoms with Crippen LogP contribution >= 0.6 is 11.8 Å². The minimum Gasteiger partial charge on any atom is -0.502 e. The van der Waals surface area contributed by atoms with Crippen molar-refractivity contribution in [3.63, 3.8) is 0 Å². The van der Waals surface area contributed by atoms with Crippen molar-refractivity contribution < 1.29 is 23.4 Å². The number of hydrogen-bond acceptors (Lipinski definition) is 6. The molecule has 10 heteroatoms. The van der Waals surface area contributed by atoms with Gasteiger partial charge >= 0.3 is 0 Å². The number of ether oxygens (including phenoxy) is 1. The standard InChI is InChI=1S/C29H25F2N3O4S/c30-19-5-1-3-15-14-39-26-17(4-2-6-20(26)31)23(22(15)19)34-27-18-13-16-7-9-29(18,38-16)10-12-32(27)28(37)24-25(36)21(35)8-11-33(24)34/h1-6,8,11,16,18,23,27,36H,7,9-10,12-14H2/t16-,18+,23?,27+,29-/m0/s1. The Morgan fingerprint density at radius 1 is 1.05 bits per heavy atom. The zero-order valence-electron chi connectivity index (χ0n) is 20.8. The quantitative estimate of drug-likeness (QED) is 0.488. The van der Waals surface area contributed by atoms with Gasteiger partial charge < -0.3 is 14.7 Å². The normalized spacial score (nSPS) is 30.3. The Balaban J connectivity index is 1.45. The first-order chi connectivity index (χ1) is 18.9. The number of pyridine rings is 1. The first kappa shape index (κ1) is 23.5. The summed E-state index contributed by atoms with van der Waals surface area (Å²) >= 11 is 1.32. The second-order valence-electron chi connectivity index (χ2n) is 11.1. The van der Waals surface area contributed by atoms with E-state index < -0.39 is 46.5 Å². The van der Waals surface area contributed by atoms with Gasteiger partial charge in [-0.05, 0) is 48.9 Å². The fourth-order valence-electron chi connectivity index (χ4n) is 7.70. The second kappa shape index (κ2) is 8.08. The van der Waals surface area contributed by atoms with E-state index in [4.69, 9.17) is 4.74 Å². The molecule has 3 aromatic rings. The fraction of sp³-hybridized carbons (Fsp3) is 0.379. The smallest absolute Gasteiger partial charge is 0.278 e. The van der Waals surface area contributed by atoms with Gasteiger partial charge in [0.05, 0.1) is 11.7 Å².